The molecule has 0 N–H and O–H groups in total. The van der Waals surface area contributed by atoms with Crippen LogP contribution in [0.3, 0.4) is 0 Å². The van der Waals surface area contributed by atoms with E-state index in [2.05, 4.69) is 0 Å². The van der Waals surface area contributed by atoms with E-state index in [9.17, 15) is 43.9 Å². The normalized spacial score (nSPS) is 30.2. The Hall–Kier alpha value is -0.780. The van der Waals surface area contributed by atoms with E-state index in [1.165, 1.54) is 0 Å². The molecule has 1 aliphatic rings. The predicted molar refractivity (Wildman–Crippen MR) is 30.5 cm³/mol. The first-order chi connectivity index (χ1) is 7.34. The second-order valence-corrected chi connectivity index (χ2v) is 2.92. The van der Waals surface area contributed by atoms with Gasteiger partial charge in [-0.25, -0.2) is 4.39 Å². The lowest BCUT2D eigenvalue weighted by Crippen LogP contribution is -2.55. The van der Waals surface area contributed by atoms with Gasteiger partial charge in [-0.2, -0.15) is 39.5 Å². The Morgan fingerprint density at radius 2 is 1.41 bits per heavy atom. The van der Waals surface area contributed by atoms with Crippen LogP contribution in [0, 0.1) is 0 Å². The van der Waals surface area contributed by atoms with Gasteiger partial charge in [-0.05, 0) is 0 Å². The van der Waals surface area contributed by atoms with Crippen molar-refractivity contribution in [2.75, 3.05) is 0 Å². The molecule has 17 heavy (non-hydrogen) atoms. The van der Waals surface area contributed by atoms with Crippen LogP contribution in [0.25, 0.3) is 0 Å². The number of alkyl halides is 10. The van der Waals surface area contributed by atoms with E-state index in [0.717, 1.165) is 0 Å². The molecule has 0 spiro atoms. The Balaban J connectivity index is 3.30. The average Bonchev–Trinajstić information content (AvgIpc) is 2.10. The third-order valence-corrected chi connectivity index (χ3v) is 1.88. The van der Waals surface area contributed by atoms with Crippen LogP contribution in [-0.2, 0) is 0 Å². The fourth-order valence-corrected chi connectivity index (χ4v) is 1.23. The summed E-state index contributed by atoms with van der Waals surface area (Å²) in [6.07, 6.45) is -16.8. The van der Waals surface area contributed by atoms with Gasteiger partial charge >= 0.3 is 25.1 Å². The molecule has 1 aliphatic heterocycles. The molecule has 0 aromatic carbocycles. The summed E-state index contributed by atoms with van der Waals surface area (Å²) in [5.74, 6) is 0. The van der Waals surface area contributed by atoms with Crippen LogP contribution in [0.15, 0.2) is 0 Å². The van der Waals surface area contributed by atoms with Crippen LogP contribution in [0.1, 0.15) is 0 Å². The van der Waals surface area contributed by atoms with Crippen LogP contribution >= 0.6 is 0 Å². The van der Waals surface area contributed by atoms with E-state index < -0.39 is 41.2 Å². The van der Waals surface area contributed by atoms with Crippen LogP contribution in [-0.4, -0.2) is 41.2 Å². The Morgan fingerprint density at radius 1 is 1.00 bits per heavy atom. The van der Waals surface area contributed by atoms with Gasteiger partial charge in [0.2, 0.25) is 6.30 Å². The lowest BCUT2D eigenvalue weighted by atomic mass is 10.5. The molecule has 0 unspecified atom stereocenters. The molecule has 12 heteroatoms. The summed E-state index contributed by atoms with van der Waals surface area (Å²) in [5.41, 5.74) is 0. The van der Waals surface area contributed by atoms with Crippen molar-refractivity contribution in [2.45, 2.75) is 31.4 Å². The first-order valence-corrected chi connectivity index (χ1v) is 3.68. The molecule has 0 aliphatic carbocycles. The summed E-state index contributed by atoms with van der Waals surface area (Å²) in [6, 6.07) is -5.67. The molecule has 0 bridgehead atoms. The fraction of sp³-hybridized carbons (Fsp3) is 1.00. The summed E-state index contributed by atoms with van der Waals surface area (Å²) in [6.45, 7) is -4.68. The van der Waals surface area contributed by atoms with Crippen molar-refractivity contribution in [3.8, 4) is 0 Å². The first-order valence-electron chi connectivity index (χ1n) is 3.68. The maximum Gasteiger partial charge on any atom is 0.468 e. The van der Waals surface area contributed by atoms with Crippen LogP contribution in [0.5, 0.6) is 0 Å². The number of halogens is 10. The fourth-order valence-electron chi connectivity index (χ4n) is 1.23. The summed E-state index contributed by atoms with van der Waals surface area (Å²) >= 11 is 0. The summed E-state index contributed by atoms with van der Waals surface area (Å²) in [4.78, 5) is -5.00. The number of rotatable bonds is 1. The van der Waals surface area contributed by atoms with Crippen molar-refractivity contribution < 1.29 is 43.9 Å². The minimum Gasteiger partial charge on any atom is -0.221 e. The van der Waals surface area contributed by atoms with Gasteiger partial charge in [0, 0.05) is 0 Å². The van der Waals surface area contributed by atoms with Gasteiger partial charge in [-0.3, -0.25) is 0 Å². The summed E-state index contributed by atoms with van der Waals surface area (Å²) < 4.78 is 123. The summed E-state index contributed by atoms with van der Waals surface area (Å²) in [7, 11) is 0. The highest BCUT2D eigenvalue weighted by atomic mass is 19.4. The van der Waals surface area contributed by atoms with Gasteiger partial charge in [-0.1, -0.05) is 4.90 Å². The molecule has 1 atom stereocenters. The second kappa shape index (κ2) is 3.60. The molecule has 1 rings (SSSR count). The highest BCUT2D eigenvalue weighted by Crippen LogP contribution is 2.52. The van der Waals surface area contributed by atoms with Gasteiger partial charge in [0.15, 0.2) is 0 Å². The number of hydrogen-bond acceptors (Lipinski definition) is 2. The molecule has 0 radical (unpaired) electrons. The van der Waals surface area contributed by atoms with E-state index in [0.29, 0.717) is 0 Å². The number of hydrogen-bond donors (Lipinski definition) is 0. The molecule has 1 heterocycles. The first kappa shape index (κ1) is 14.3. The zero-order valence-corrected chi connectivity index (χ0v) is 7.33. The maximum absolute atomic E-state index is 12.7. The molecule has 0 aromatic rings. The van der Waals surface area contributed by atoms with Gasteiger partial charge in [0.25, 0.3) is 0 Å². The molecule has 1 saturated heterocycles. The lowest BCUT2D eigenvalue weighted by molar-refractivity contribution is -0.376. The molecule has 0 amide bonds. The quantitative estimate of drug-likeness (QED) is 0.538. The third kappa shape index (κ3) is 1.92. The van der Waals surface area contributed by atoms with E-state index >= 15 is 0 Å². The molecule has 0 saturated carbocycles. The molecular formula is C5H2F10N2. The predicted octanol–water partition coefficient (Wildman–Crippen LogP) is 2.79. The van der Waals surface area contributed by atoms with Crippen LogP contribution in [0.4, 0.5) is 43.9 Å². The van der Waals surface area contributed by atoms with Crippen molar-refractivity contribution in [3.05, 3.63) is 0 Å². The Kier molecular flexibility index (Phi) is 3.03. The van der Waals surface area contributed by atoms with Gasteiger partial charge in [-0.15, -0.1) is 4.90 Å². The molecule has 1 fully saturated rings. The standard InChI is InChI=1S/C5H2F10N2/c6-1-3(9,10)17(2(7)8)5(14,15)16(1)4(11,12)13/h1-2H/t1-/m0/s1. The second-order valence-electron chi connectivity index (χ2n) is 2.92. The number of nitrogens with zero attached hydrogens (tertiary/aromatic N) is 2. The van der Waals surface area contributed by atoms with Gasteiger partial charge < -0.3 is 0 Å². The van der Waals surface area contributed by atoms with Crippen molar-refractivity contribution in [1.29, 1.82) is 0 Å². The van der Waals surface area contributed by atoms with E-state index in [-0.39, 0.29) is 0 Å². The minimum absolute atomic E-state index is 2.43. The Labute approximate surface area is 86.4 Å². The van der Waals surface area contributed by atoms with Crippen LogP contribution in [0.2, 0.25) is 0 Å². The summed E-state index contributed by atoms with van der Waals surface area (Å²) in [5, 5.41) is 0. The van der Waals surface area contributed by atoms with E-state index in [4.69, 9.17) is 0 Å². The van der Waals surface area contributed by atoms with E-state index in [1.54, 1.807) is 0 Å². The Morgan fingerprint density at radius 3 is 1.59 bits per heavy atom. The highest BCUT2D eigenvalue weighted by Gasteiger charge is 2.79. The molecule has 0 aromatic heterocycles. The maximum atomic E-state index is 12.7. The molecular weight excluding hydrogens is 278 g/mol. The van der Waals surface area contributed by atoms with Crippen molar-refractivity contribution in [3.63, 3.8) is 0 Å². The van der Waals surface area contributed by atoms with Crippen molar-refractivity contribution in [2.24, 2.45) is 0 Å². The minimum atomic E-state index is -6.24. The smallest absolute Gasteiger partial charge is 0.221 e. The zero-order valence-electron chi connectivity index (χ0n) is 7.33. The van der Waals surface area contributed by atoms with Gasteiger partial charge in [0.05, 0.1) is 0 Å². The average molecular weight is 280 g/mol. The monoisotopic (exact) mass is 280 g/mol. The third-order valence-electron chi connectivity index (χ3n) is 1.88. The van der Waals surface area contributed by atoms with Gasteiger partial charge in [0.1, 0.15) is 0 Å². The topological polar surface area (TPSA) is 6.48 Å². The highest BCUT2D eigenvalue weighted by molar-refractivity contribution is 4.94. The van der Waals surface area contributed by atoms with Crippen molar-refractivity contribution >= 4 is 0 Å². The molecule has 2 nitrogen and oxygen atoms in total. The SMILES string of the molecule is FC(F)N1C(F)(F)[C@@H](F)N(C(F)(F)F)C1(F)F. The van der Waals surface area contributed by atoms with Crippen LogP contribution < -0.4 is 0 Å². The zero-order chi connectivity index (χ0) is 13.8. The molecule has 102 valence electrons. The largest absolute Gasteiger partial charge is 0.468 e. The lowest BCUT2D eigenvalue weighted by Gasteiger charge is -2.29. The Bertz CT molecular complexity index is 298. The van der Waals surface area contributed by atoms with Crippen molar-refractivity contribution in [1.82, 2.24) is 9.80 Å². The van der Waals surface area contributed by atoms with E-state index in [1.807, 2.05) is 0 Å².